The number of aliphatic hydroxyl groups is 2. The van der Waals surface area contributed by atoms with Gasteiger partial charge >= 0.3 is 33.6 Å². The smallest absolute Gasteiger partial charge is 0.463 e. The van der Waals surface area contributed by atoms with Gasteiger partial charge < -0.3 is 34.2 Å². The largest absolute Gasteiger partial charge is 0.472 e. The van der Waals surface area contributed by atoms with Crippen LogP contribution in [0.15, 0.2) is 134 Å². The Balaban J connectivity index is 4.43. The van der Waals surface area contributed by atoms with E-state index in [0.29, 0.717) is 19.3 Å². The number of rotatable bonds is 76. The third-order valence-corrected chi connectivity index (χ3v) is 18.7. The van der Waals surface area contributed by atoms with E-state index in [1.165, 1.54) is 116 Å². The van der Waals surface area contributed by atoms with Gasteiger partial charge in [-0.3, -0.25) is 32.5 Å². The van der Waals surface area contributed by atoms with E-state index in [9.17, 15) is 43.5 Å². The van der Waals surface area contributed by atoms with Crippen LogP contribution in [0, 0.1) is 0 Å². The van der Waals surface area contributed by atoms with Crippen LogP contribution in [0.25, 0.3) is 0 Å². The lowest BCUT2D eigenvalue weighted by Gasteiger charge is -2.21. The fourth-order valence-electron chi connectivity index (χ4n) is 10.7. The van der Waals surface area contributed by atoms with Gasteiger partial charge in [-0.15, -0.1) is 0 Å². The van der Waals surface area contributed by atoms with Crippen LogP contribution >= 0.6 is 15.6 Å². The summed E-state index contributed by atoms with van der Waals surface area (Å²) in [6.07, 6.45) is 93.7. The number of hydrogen-bond donors (Lipinski definition) is 4. The first-order chi connectivity index (χ1) is 50.2. The molecule has 0 bridgehead atoms. The van der Waals surface area contributed by atoms with E-state index in [2.05, 4.69) is 154 Å². The molecule has 0 amide bonds. The fourth-order valence-corrected chi connectivity index (χ4v) is 12.3. The Labute approximate surface area is 626 Å². The molecule has 4 N–H and O–H groups in total. The van der Waals surface area contributed by atoms with E-state index in [1.54, 1.807) is 0 Å². The molecule has 5 atom stereocenters. The number of phosphoric acid groups is 2. The highest BCUT2D eigenvalue weighted by molar-refractivity contribution is 7.47. The zero-order chi connectivity index (χ0) is 75.2. The molecule has 0 aromatic rings. The number of aliphatic hydroxyl groups excluding tert-OH is 2. The summed E-state index contributed by atoms with van der Waals surface area (Å²) in [6.45, 7) is 2.45. The Morgan fingerprint density at radius 2 is 0.534 bits per heavy atom. The summed E-state index contributed by atoms with van der Waals surface area (Å²) in [5, 5.41) is 20.6. The maximum absolute atomic E-state index is 12.9. The molecule has 0 fully saturated rings. The van der Waals surface area contributed by atoms with E-state index in [1.807, 2.05) is 0 Å². The molecule has 0 aliphatic rings. The van der Waals surface area contributed by atoms with Crippen molar-refractivity contribution < 1.29 is 75.8 Å². The van der Waals surface area contributed by atoms with Crippen LogP contribution in [-0.2, 0) is 55.8 Å². The van der Waals surface area contributed by atoms with Gasteiger partial charge in [0.2, 0.25) is 0 Å². The average Bonchev–Trinajstić information content (AvgIpc) is 0.937. The number of phosphoric ester groups is 2. The highest BCUT2D eigenvalue weighted by Gasteiger charge is 2.29. The lowest BCUT2D eigenvalue weighted by Crippen LogP contribution is -2.30. The van der Waals surface area contributed by atoms with Gasteiger partial charge in [-0.1, -0.05) is 309 Å². The summed E-state index contributed by atoms with van der Waals surface area (Å²) in [7, 11) is -9.80. The number of carbonyl (C=O) groups is 3. The van der Waals surface area contributed by atoms with Crippen molar-refractivity contribution in [2.24, 2.45) is 0 Å². The van der Waals surface area contributed by atoms with E-state index < -0.39 is 91.5 Å². The minimum absolute atomic E-state index is 0.0818. The van der Waals surface area contributed by atoms with Crippen molar-refractivity contribution >= 4 is 33.6 Å². The first kappa shape index (κ1) is 98.7. The molecular formula is C85H146O16P2. The molecule has 0 aromatic heterocycles. The molecule has 5 unspecified atom stereocenters. The van der Waals surface area contributed by atoms with Crippen LogP contribution in [0.4, 0.5) is 0 Å². The van der Waals surface area contributed by atoms with Crippen molar-refractivity contribution in [3.05, 3.63) is 134 Å². The van der Waals surface area contributed by atoms with Gasteiger partial charge in [0.1, 0.15) is 25.4 Å². The molecule has 0 saturated carbocycles. The van der Waals surface area contributed by atoms with Crippen molar-refractivity contribution in [2.45, 2.75) is 347 Å². The molecule has 0 aromatic carbocycles. The predicted molar refractivity (Wildman–Crippen MR) is 426 cm³/mol. The van der Waals surface area contributed by atoms with Crippen LogP contribution in [-0.4, -0.2) is 95.9 Å². The Morgan fingerprint density at radius 3 is 0.854 bits per heavy atom. The number of unbranched alkanes of at least 4 members (excludes halogenated alkanes) is 31. The first-order valence-corrected chi connectivity index (χ1v) is 43.5. The number of esters is 3. The Bertz CT molecular complexity index is 2410. The lowest BCUT2D eigenvalue weighted by atomic mass is 10.0. The standard InChI is InChI=1S/C85H146O16P2/c1-4-7-10-13-16-19-22-25-27-29-31-33-34-35-36-37-38-39-40-41-42-43-44-46-48-49-51-54-56-59-62-65-68-71-83(88)95-74-80(86)75-97-102(91,92)98-76-81(87)77-99-103(93,94)100-79-82(101-85(90)73-70-67-64-61-58-53-24-21-18-15-12-9-6-3)78-96-84(89)72-69-66-63-60-57-55-52-50-47-45-32-30-28-26-23-20-17-14-11-8-5-2/h7,10,12,15-17,19-21,24-28,31-33,35-36,45,50,52,80-82,86-87H,4-6,8-9,11,13-14,18,22-23,29-30,34,37-44,46-49,51,53-79H2,1-3H3,(H,91,92)(H,93,94)/b10-7-,15-12-,19-16-,20-17-,24-21-,27-25-,28-26-,33-31-,36-35-,45-32-,52-50-. The summed E-state index contributed by atoms with van der Waals surface area (Å²) in [5.41, 5.74) is 0. The van der Waals surface area contributed by atoms with Crippen LogP contribution in [0.3, 0.4) is 0 Å². The van der Waals surface area contributed by atoms with Gasteiger partial charge in [0.05, 0.1) is 26.4 Å². The second-order valence-electron chi connectivity index (χ2n) is 26.8. The zero-order valence-electron chi connectivity index (χ0n) is 64.7. The van der Waals surface area contributed by atoms with Crippen LogP contribution < -0.4 is 0 Å². The van der Waals surface area contributed by atoms with Crippen molar-refractivity contribution in [3.63, 3.8) is 0 Å². The van der Waals surface area contributed by atoms with Gasteiger partial charge in [0.15, 0.2) is 6.10 Å². The quantitative estimate of drug-likeness (QED) is 0.0146. The van der Waals surface area contributed by atoms with Crippen LogP contribution in [0.2, 0.25) is 0 Å². The summed E-state index contributed by atoms with van der Waals surface area (Å²) in [4.78, 5) is 58.6. The maximum atomic E-state index is 12.9. The monoisotopic (exact) mass is 1490 g/mol. The van der Waals surface area contributed by atoms with Gasteiger partial charge in [-0.05, 0) is 135 Å². The molecule has 0 spiro atoms. The van der Waals surface area contributed by atoms with E-state index in [0.717, 1.165) is 154 Å². The van der Waals surface area contributed by atoms with Gasteiger partial charge in [0.25, 0.3) is 0 Å². The lowest BCUT2D eigenvalue weighted by molar-refractivity contribution is -0.161. The second kappa shape index (κ2) is 77.3. The summed E-state index contributed by atoms with van der Waals surface area (Å²) >= 11 is 0. The summed E-state index contributed by atoms with van der Waals surface area (Å²) < 4.78 is 61.1. The SMILES string of the molecule is CC/C=C\C/C=C\C/C=C\C/C=C\C/C=C\CCCCCCCCCCCCCCCCCCCC(=O)OCC(O)COP(=O)(O)OCC(O)COP(=O)(O)OCC(COC(=O)CCCCCCC/C=C\C/C=C\C/C=C\C/C=C\CCCCC)OC(=O)CCCCCCC/C=C\C/C=C\CCC. The predicted octanol–water partition coefficient (Wildman–Crippen LogP) is 23.9. The molecule has 0 radical (unpaired) electrons. The third-order valence-electron chi connectivity index (χ3n) is 16.8. The topological polar surface area (TPSA) is 231 Å². The Morgan fingerprint density at radius 1 is 0.282 bits per heavy atom. The zero-order valence-corrected chi connectivity index (χ0v) is 66.5. The Kier molecular flexibility index (Phi) is 74.1. The number of hydrogen-bond acceptors (Lipinski definition) is 14. The van der Waals surface area contributed by atoms with Crippen molar-refractivity contribution in [1.29, 1.82) is 0 Å². The van der Waals surface area contributed by atoms with Gasteiger partial charge in [-0.25, -0.2) is 9.13 Å². The molecule has 0 heterocycles. The molecule has 103 heavy (non-hydrogen) atoms. The molecule has 0 saturated heterocycles. The minimum Gasteiger partial charge on any atom is -0.463 e. The normalized spacial score (nSPS) is 14.7. The highest BCUT2D eigenvalue weighted by atomic mass is 31.2. The van der Waals surface area contributed by atoms with E-state index >= 15 is 0 Å². The van der Waals surface area contributed by atoms with Gasteiger partial charge in [-0.2, -0.15) is 0 Å². The molecule has 592 valence electrons. The van der Waals surface area contributed by atoms with Crippen molar-refractivity contribution in [2.75, 3.05) is 39.6 Å². The second-order valence-corrected chi connectivity index (χ2v) is 29.7. The van der Waals surface area contributed by atoms with E-state index in [4.69, 9.17) is 32.3 Å². The number of allylic oxidation sites excluding steroid dienone is 22. The molecule has 0 aliphatic heterocycles. The molecular weight excluding hydrogens is 1340 g/mol. The minimum atomic E-state index is -4.94. The molecule has 18 heteroatoms. The fraction of sp³-hybridized carbons (Fsp3) is 0.706. The summed E-state index contributed by atoms with van der Waals surface area (Å²) in [5.74, 6) is -1.61. The first-order valence-electron chi connectivity index (χ1n) is 40.5. The van der Waals surface area contributed by atoms with Crippen molar-refractivity contribution in [3.8, 4) is 0 Å². The Hall–Kier alpha value is -4.31. The maximum Gasteiger partial charge on any atom is 0.472 e. The number of carbonyl (C=O) groups excluding carboxylic acids is 3. The van der Waals surface area contributed by atoms with E-state index in [-0.39, 0.29) is 19.3 Å². The molecule has 16 nitrogen and oxygen atoms in total. The summed E-state index contributed by atoms with van der Waals surface area (Å²) in [6, 6.07) is 0. The molecule has 0 aliphatic carbocycles. The van der Waals surface area contributed by atoms with Crippen molar-refractivity contribution in [1.82, 2.24) is 0 Å². The van der Waals surface area contributed by atoms with Crippen LogP contribution in [0.5, 0.6) is 0 Å². The average molecular weight is 1490 g/mol. The third kappa shape index (κ3) is 78.6. The van der Waals surface area contributed by atoms with Crippen LogP contribution in [0.1, 0.15) is 329 Å². The van der Waals surface area contributed by atoms with Gasteiger partial charge in [0, 0.05) is 19.3 Å². The number of ether oxygens (including phenoxy) is 3. The molecule has 0 rings (SSSR count). The highest BCUT2D eigenvalue weighted by Crippen LogP contribution is 2.45.